The minimum absolute atomic E-state index is 0.238. The SMILES string of the molecule is NCC1(c2ccc(OCCn3c4ccccc4c4ccccc43)cc2)CC1. The third-order valence-corrected chi connectivity index (χ3v) is 5.97. The Morgan fingerprint density at radius 3 is 1.96 bits per heavy atom. The molecule has 1 aliphatic carbocycles. The maximum Gasteiger partial charge on any atom is 0.119 e. The van der Waals surface area contributed by atoms with Crippen molar-refractivity contribution in [3.63, 3.8) is 0 Å². The van der Waals surface area contributed by atoms with E-state index >= 15 is 0 Å². The molecule has 0 unspecified atom stereocenters. The smallest absolute Gasteiger partial charge is 0.119 e. The number of hydrogen-bond acceptors (Lipinski definition) is 2. The maximum absolute atomic E-state index is 6.05. The topological polar surface area (TPSA) is 40.2 Å². The highest BCUT2D eigenvalue weighted by atomic mass is 16.5. The zero-order chi connectivity index (χ0) is 18.3. The van der Waals surface area contributed by atoms with Crippen molar-refractivity contribution in [1.29, 1.82) is 0 Å². The third-order valence-electron chi connectivity index (χ3n) is 5.97. The lowest BCUT2D eigenvalue weighted by Crippen LogP contribution is -2.19. The second-order valence-electron chi connectivity index (χ2n) is 7.54. The first-order chi connectivity index (χ1) is 13.3. The standard InChI is InChI=1S/C24H24N2O/c25-17-24(13-14-24)18-9-11-19(12-10-18)27-16-15-26-22-7-3-1-5-20(22)21-6-2-4-8-23(21)26/h1-12H,13-17,25H2. The van der Waals surface area contributed by atoms with Crippen molar-refractivity contribution in [1.82, 2.24) is 4.57 Å². The molecule has 3 nitrogen and oxygen atoms in total. The van der Waals surface area contributed by atoms with Crippen molar-refractivity contribution in [2.45, 2.75) is 24.8 Å². The van der Waals surface area contributed by atoms with Crippen LogP contribution in [0, 0.1) is 0 Å². The second kappa shape index (κ2) is 6.43. The molecule has 1 aliphatic rings. The van der Waals surface area contributed by atoms with E-state index in [0.29, 0.717) is 6.61 Å². The number of nitrogens with two attached hydrogens (primary N) is 1. The predicted octanol–water partition coefficient (Wildman–Crippen LogP) is 4.86. The molecule has 27 heavy (non-hydrogen) atoms. The Balaban J connectivity index is 1.34. The summed E-state index contributed by atoms with van der Waals surface area (Å²) in [6, 6.07) is 25.7. The van der Waals surface area contributed by atoms with Gasteiger partial charge in [-0.2, -0.15) is 0 Å². The molecule has 0 aliphatic heterocycles. The number of para-hydroxylation sites is 2. The third kappa shape index (κ3) is 2.79. The average molecular weight is 356 g/mol. The molecule has 3 aromatic carbocycles. The number of ether oxygens (including phenoxy) is 1. The van der Waals surface area contributed by atoms with Gasteiger partial charge in [-0.25, -0.2) is 0 Å². The van der Waals surface area contributed by atoms with Crippen molar-refractivity contribution in [2.75, 3.05) is 13.2 Å². The highest BCUT2D eigenvalue weighted by Crippen LogP contribution is 2.47. The van der Waals surface area contributed by atoms with E-state index < -0.39 is 0 Å². The molecule has 0 amide bonds. The summed E-state index contributed by atoms with van der Waals surface area (Å²) >= 11 is 0. The van der Waals surface area contributed by atoms with E-state index in [4.69, 9.17) is 10.5 Å². The summed E-state index contributed by atoms with van der Waals surface area (Å²) in [5.41, 5.74) is 10.0. The van der Waals surface area contributed by atoms with Gasteiger partial charge in [0.25, 0.3) is 0 Å². The Morgan fingerprint density at radius 1 is 0.815 bits per heavy atom. The Morgan fingerprint density at radius 2 is 1.41 bits per heavy atom. The summed E-state index contributed by atoms with van der Waals surface area (Å²) in [5.74, 6) is 0.923. The molecule has 0 spiro atoms. The van der Waals surface area contributed by atoms with Crippen LogP contribution < -0.4 is 10.5 Å². The van der Waals surface area contributed by atoms with Crippen LogP contribution in [-0.4, -0.2) is 17.7 Å². The van der Waals surface area contributed by atoms with Crippen LogP contribution in [0.4, 0.5) is 0 Å². The molecule has 2 N–H and O–H groups in total. The summed E-state index contributed by atoms with van der Waals surface area (Å²) in [4.78, 5) is 0. The second-order valence-corrected chi connectivity index (χ2v) is 7.54. The van der Waals surface area contributed by atoms with E-state index in [1.54, 1.807) is 0 Å². The first-order valence-electron chi connectivity index (χ1n) is 9.70. The van der Waals surface area contributed by atoms with Crippen molar-refractivity contribution in [3.8, 4) is 5.75 Å². The molecular weight excluding hydrogens is 332 g/mol. The van der Waals surface area contributed by atoms with Crippen LogP contribution in [0.25, 0.3) is 21.8 Å². The van der Waals surface area contributed by atoms with Gasteiger partial charge in [-0.15, -0.1) is 0 Å². The van der Waals surface area contributed by atoms with Crippen LogP contribution in [0.2, 0.25) is 0 Å². The van der Waals surface area contributed by atoms with E-state index in [0.717, 1.165) is 18.8 Å². The van der Waals surface area contributed by atoms with Crippen molar-refractivity contribution < 1.29 is 4.74 Å². The Kier molecular flexibility index (Phi) is 3.91. The van der Waals surface area contributed by atoms with Crippen molar-refractivity contribution >= 4 is 21.8 Å². The van der Waals surface area contributed by atoms with E-state index in [1.165, 1.54) is 40.2 Å². The summed E-state index contributed by atoms with van der Waals surface area (Å²) < 4.78 is 8.40. The quantitative estimate of drug-likeness (QED) is 0.536. The molecule has 1 saturated carbocycles. The molecule has 5 rings (SSSR count). The maximum atomic E-state index is 6.05. The van der Waals surface area contributed by atoms with Gasteiger partial charge in [-0.05, 0) is 42.7 Å². The fourth-order valence-corrected chi connectivity index (χ4v) is 4.17. The van der Waals surface area contributed by atoms with Gasteiger partial charge >= 0.3 is 0 Å². The number of rotatable bonds is 6. The first-order valence-corrected chi connectivity index (χ1v) is 9.70. The Hall–Kier alpha value is -2.78. The molecular formula is C24H24N2O. The van der Waals surface area contributed by atoms with Gasteiger partial charge in [0.15, 0.2) is 0 Å². The van der Waals surface area contributed by atoms with Gasteiger partial charge in [0.1, 0.15) is 12.4 Å². The summed E-state index contributed by atoms with van der Waals surface area (Å²) in [6.07, 6.45) is 2.41. The lowest BCUT2D eigenvalue weighted by atomic mass is 9.96. The molecule has 0 saturated heterocycles. The average Bonchev–Trinajstić information content (AvgIpc) is 3.47. The first kappa shape index (κ1) is 16.4. The largest absolute Gasteiger partial charge is 0.492 e. The van der Waals surface area contributed by atoms with Crippen LogP contribution in [0.5, 0.6) is 5.75 Å². The lowest BCUT2D eigenvalue weighted by molar-refractivity contribution is 0.302. The van der Waals surface area contributed by atoms with Crippen LogP contribution in [0.1, 0.15) is 18.4 Å². The summed E-state index contributed by atoms with van der Waals surface area (Å²) in [5, 5.41) is 2.60. The normalized spacial score (nSPS) is 15.3. The molecule has 4 aromatic rings. The van der Waals surface area contributed by atoms with Gasteiger partial charge in [0, 0.05) is 33.8 Å². The van der Waals surface area contributed by atoms with Gasteiger partial charge in [-0.3, -0.25) is 0 Å². The van der Waals surface area contributed by atoms with Gasteiger partial charge in [-0.1, -0.05) is 48.5 Å². The van der Waals surface area contributed by atoms with Gasteiger partial charge < -0.3 is 15.0 Å². The minimum atomic E-state index is 0.238. The monoisotopic (exact) mass is 356 g/mol. The van der Waals surface area contributed by atoms with E-state index in [-0.39, 0.29) is 5.41 Å². The number of benzene rings is 3. The molecule has 136 valence electrons. The van der Waals surface area contributed by atoms with E-state index in [9.17, 15) is 0 Å². The van der Waals surface area contributed by atoms with Crippen LogP contribution in [0.15, 0.2) is 72.8 Å². The van der Waals surface area contributed by atoms with E-state index in [2.05, 4.69) is 77.4 Å². The van der Waals surface area contributed by atoms with Crippen LogP contribution in [-0.2, 0) is 12.0 Å². The summed E-state index contributed by atoms with van der Waals surface area (Å²) in [7, 11) is 0. The molecule has 0 radical (unpaired) electrons. The molecule has 0 atom stereocenters. The molecule has 1 fully saturated rings. The van der Waals surface area contributed by atoms with Crippen LogP contribution in [0.3, 0.4) is 0 Å². The predicted molar refractivity (Wildman–Crippen MR) is 111 cm³/mol. The number of fused-ring (bicyclic) bond motifs is 3. The zero-order valence-corrected chi connectivity index (χ0v) is 15.4. The summed E-state index contributed by atoms with van der Waals surface area (Å²) in [6.45, 7) is 2.20. The number of aromatic nitrogens is 1. The molecule has 3 heteroatoms. The minimum Gasteiger partial charge on any atom is -0.492 e. The van der Waals surface area contributed by atoms with Crippen LogP contribution >= 0.6 is 0 Å². The number of nitrogens with zero attached hydrogens (tertiary/aromatic N) is 1. The Labute approximate surface area is 159 Å². The lowest BCUT2D eigenvalue weighted by Gasteiger charge is -2.14. The van der Waals surface area contributed by atoms with E-state index in [1.807, 2.05) is 0 Å². The van der Waals surface area contributed by atoms with Crippen molar-refractivity contribution in [3.05, 3.63) is 78.4 Å². The highest BCUT2D eigenvalue weighted by Gasteiger charge is 2.42. The fraction of sp³-hybridized carbons (Fsp3) is 0.250. The fourth-order valence-electron chi connectivity index (χ4n) is 4.17. The van der Waals surface area contributed by atoms with Gasteiger partial charge in [0.05, 0.1) is 6.54 Å². The molecule has 0 bridgehead atoms. The van der Waals surface area contributed by atoms with Gasteiger partial charge in [0.2, 0.25) is 0 Å². The van der Waals surface area contributed by atoms with Crippen molar-refractivity contribution in [2.24, 2.45) is 5.73 Å². The zero-order valence-electron chi connectivity index (χ0n) is 15.4. The molecule has 1 aromatic heterocycles. The number of hydrogen-bond donors (Lipinski definition) is 1. The highest BCUT2D eigenvalue weighted by molar-refractivity contribution is 6.07. The Bertz CT molecular complexity index is 1040. The molecule has 1 heterocycles.